The van der Waals surface area contributed by atoms with Crippen molar-refractivity contribution in [3.05, 3.63) is 29.0 Å². The van der Waals surface area contributed by atoms with E-state index in [1.165, 1.54) is 0 Å². The van der Waals surface area contributed by atoms with Gasteiger partial charge in [-0.1, -0.05) is 11.6 Å². The van der Waals surface area contributed by atoms with Crippen LogP contribution in [-0.4, -0.2) is 14.7 Å². The summed E-state index contributed by atoms with van der Waals surface area (Å²) in [6.45, 7) is 1.75. The molecule has 2 aromatic rings. The van der Waals surface area contributed by atoms with Crippen molar-refractivity contribution in [1.29, 1.82) is 0 Å². The van der Waals surface area contributed by atoms with Crippen LogP contribution in [0.2, 0.25) is 5.02 Å². The van der Waals surface area contributed by atoms with Gasteiger partial charge >= 0.3 is 0 Å². The van der Waals surface area contributed by atoms with Crippen molar-refractivity contribution in [3.8, 4) is 0 Å². The lowest BCUT2D eigenvalue weighted by Crippen LogP contribution is -2.04. The van der Waals surface area contributed by atoms with Crippen molar-refractivity contribution in [1.82, 2.24) is 9.55 Å². The van der Waals surface area contributed by atoms with Crippen LogP contribution in [0.4, 0.5) is 0 Å². The molecule has 0 radical (unpaired) electrons. The minimum Gasteiger partial charge on any atom is -0.385 e. The normalized spacial score (nSPS) is 17.9. The fourth-order valence-corrected chi connectivity index (χ4v) is 2.26. The number of hydrogen-bond donors (Lipinski definition) is 1. The highest BCUT2D eigenvalue weighted by Crippen LogP contribution is 2.40. The summed E-state index contributed by atoms with van der Waals surface area (Å²) in [5.41, 5.74) is 1.94. The molecular weight excluding hydrogens is 224 g/mol. The second-order valence-electron chi connectivity index (χ2n) is 4.38. The number of benzene rings is 1. The zero-order chi connectivity index (χ0) is 11.3. The van der Waals surface area contributed by atoms with Crippen LogP contribution < -0.4 is 0 Å². The van der Waals surface area contributed by atoms with E-state index >= 15 is 0 Å². The molecule has 1 aromatic carbocycles. The fraction of sp³-hybridized carbons (Fsp3) is 0.417. The molecule has 16 heavy (non-hydrogen) atoms. The van der Waals surface area contributed by atoms with Crippen molar-refractivity contribution in [2.24, 2.45) is 0 Å². The summed E-state index contributed by atoms with van der Waals surface area (Å²) in [5, 5.41) is 10.4. The molecule has 0 saturated heterocycles. The van der Waals surface area contributed by atoms with Gasteiger partial charge in [-0.2, -0.15) is 0 Å². The fourth-order valence-electron chi connectivity index (χ4n) is 2.10. The molecule has 0 bridgehead atoms. The molecule has 1 unspecified atom stereocenters. The van der Waals surface area contributed by atoms with Crippen LogP contribution in [0.1, 0.15) is 37.7 Å². The zero-order valence-corrected chi connectivity index (χ0v) is 9.78. The standard InChI is InChI=1S/C12H13ClN2O/c1-7(16)12-14-10-5-2-8(13)6-11(10)15(12)9-3-4-9/h2,5-7,9,16H,3-4H2,1H3. The molecule has 1 heterocycles. The van der Waals surface area contributed by atoms with Gasteiger partial charge in [0, 0.05) is 11.1 Å². The van der Waals surface area contributed by atoms with E-state index in [2.05, 4.69) is 9.55 Å². The summed E-state index contributed by atoms with van der Waals surface area (Å²) in [6.07, 6.45) is 1.79. The monoisotopic (exact) mass is 236 g/mol. The van der Waals surface area contributed by atoms with Crippen LogP contribution in [0.5, 0.6) is 0 Å². The van der Waals surface area contributed by atoms with Crippen LogP contribution in [-0.2, 0) is 0 Å². The summed E-state index contributed by atoms with van der Waals surface area (Å²) in [6, 6.07) is 6.16. The number of aliphatic hydroxyl groups is 1. The highest BCUT2D eigenvalue weighted by molar-refractivity contribution is 6.31. The largest absolute Gasteiger partial charge is 0.385 e. The number of fused-ring (bicyclic) bond motifs is 1. The van der Waals surface area contributed by atoms with Gasteiger partial charge in [-0.15, -0.1) is 0 Å². The van der Waals surface area contributed by atoms with Crippen molar-refractivity contribution in [2.45, 2.75) is 31.9 Å². The molecule has 3 nitrogen and oxygen atoms in total. The van der Waals surface area contributed by atoms with Crippen molar-refractivity contribution < 1.29 is 5.11 Å². The Morgan fingerprint density at radius 2 is 2.25 bits per heavy atom. The number of aromatic nitrogens is 2. The molecule has 3 rings (SSSR count). The van der Waals surface area contributed by atoms with E-state index in [9.17, 15) is 5.11 Å². The van der Waals surface area contributed by atoms with Gasteiger partial charge in [0.1, 0.15) is 11.9 Å². The molecule has 1 aliphatic carbocycles. The third-order valence-electron chi connectivity index (χ3n) is 2.96. The molecule has 1 fully saturated rings. The number of aliphatic hydroxyl groups excluding tert-OH is 1. The van der Waals surface area contributed by atoms with Crippen molar-refractivity contribution in [2.75, 3.05) is 0 Å². The number of imidazole rings is 1. The SMILES string of the molecule is CC(O)c1nc2ccc(Cl)cc2n1C1CC1. The van der Waals surface area contributed by atoms with Gasteiger partial charge < -0.3 is 9.67 Å². The average molecular weight is 237 g/mol. The lowest BCUT2D eigenvalue weighted by Gasteiger charge is -2.09. The Morgan fingerprint density at radius 1 is 1.50 bits per heavy atom. The summed E-state index contributed by atoms with van der Waals surface area (Å²) in [7, 11) is 0. The number of nitrogens with zero attached hydrogens (tertiary/aromatic N) is 2. The van der Waals surface area contributed by atoms with E-state index in [1.54, 1.807) is 6.92 Å². The highest BCUT2D eigenvalue weighted by atomic mass is 35.5. The summed E-state index contributed by atoms with van der Waals surface area (Å²) in [4.78, 5) is 4.47. The minimum atomic E-state index is -0.535. The maximum atomic E-state index is 9.74. The predicted octanol–water partition coefficient (Wildman–Crippen LogP) is 3.08. The van der Waals surface area contributed by atoms with Gasteiger partial charge in [0.2, 0.25) is 0 Å². The Kier molecular flexibility index (Phi) is 2.19. The Balaban J connectivity index is 2.29. The van der Waals surface area contributed by atoms with Gasteiger partial charge in [0.15, 0.2) is 0 Å². The Labute approximate surface area is 98.7 Å². The first-order valence-electron chi connectivity index (χ1n) is 5.52. The predicted molar refractivity (Wildman–Crippen MR) is 63.6 cm³/mol. The maximum Gasteiger partial charge on any atom is 0.138 e. The van der Waals surface area contributed by atoms with Gasteiger partial charge in [-0.25, -0.2) is 4.98 Å². The molecule has 0 amide bonds. The molecule has 84 valence electrons. The van der Waals surface area contributed by atoms with Crippen molar-refractivity contribution in [3.63, 3.8) is 0 Å². The second kappa shape index (κ2) is 3.47. The van der Waals surface area contributed by atoms with E-state index in [0.717, 1.165) is 29.7 Å². The summed E-state index contributed by atoms with van der Waals surface area (Å²) < 4.78 is 2.13. The van der Waals surface area contributed by atoms with E-state index in [4.69, 9.17) is 11.6 Å². The molecule has 1 aromatic heterocycles. The zero-order valence-electron chi connectivity index (χ0n) is 9.02. The maximum absolute atomic E-state index is 9.74. The number of hydrogen-bond acceptors (Lipinski definition) is 2. The quantitative estimate of drug-likeness (QED) is 0.870. The molecular formula is C12H13ClN2O. The molecule has 1 N–H and O–H groups in total. The van der Waals surface area contributed by atoms with Gasteiger partial charge in [-0.3, -0.25) is 0 Å². The van der Waals surface area contributed by atoms with Gasteiger partial charge in [-0.05, 0) is 38.0 Å². The number of halogens is 1. The lowest BCUT2D eigenvalue weighted by atomic mass is 10.3. The summed E-state index contributed by atoms with van der Waals surface area (Å²) >= 11 is 6.00. The topological polar surface area (TPSA) is 38.1 Å². The van der Waals surface area contributed by atoms with Crippen LogP contribution >= 0.6 is 11.6 Å². The second-order valence-corrected chi connectivity index (χ2v) is 4.82. The Bertz CT molecular complexity index is 543. The smallest absolute Gasteiger partial charge is 0.138 e. The molecule has 1 aliphatic rings. The minimum absolute atomic E-state index is 0.494. The average Bonchev–Trinajstić information content (AvgIpc) is 2.99. The van der Waals surface area contributed by atoms with E-state index in [1.807, 2.05) is 18.2 Å². The number of rotatable bonds is 2. The third kappa shape index (κ3) is 1.51. The van der Waals surface area contributed by atoms with Crippen molar-refractivity contribution >= 4 is 22.6 Å². The molecule has 0 aliphatic heterocycles. The van der Waals surface area contributed by atoms with E-state index in [0.29, 0.717) is 11.1 Å². The Hall–Kier alpha value is -1.06. The van der Waals surface area contributed by atoms with Crippen LogP contribution in [0.15, 0.2) is 18.2 Å². The van der Waals surface area contributed by atoms with Gasteiger partial charge in [0.05, 0.1) is 11.0 Å². The summed E-state index contributed by atoms with van der Waals surface area (Å²) in [5.74, 6) is 0.750. The molecule has 1 atom stereocenters. The molecule has 1 saturated carbocycles. The van der Waals surface area contributed by atoms with Crippen LogP contribution in [0.25, 0.3) is 11.0 Å². The highest BCUT2D eigenvalue weighted by Gasteiger charge is 2.29. The van der Waals surface area contributed by atoms with E-state index in [-0.39, 0.29) is 0 Å². The van der Waals surface area contributed by atoms with Crippen LogP contribution in [0, 0.1) is 0 Å². The Morgan fingerprint density at radius 3 is 2.88 bits per heavy atom. The van der Waals surface area contributed by atoms with Crippen LogP contribution in [0.3, 0.4) is 0 Å². The first-order valence-corrected chi connectivity index (χ1v) is 5.90. The lowest BCUT2D eigenvalue weighted by molar-refractivity contribution is 0.184. The van der Waals surface area contributed by atoms with E-state index < -0.39 is 6.10 Å². The van der Waals surface area contributed by atoms with Gasteiger partial charge in [0.25, 0.3) is 0 Å². The molecule has 4 heteroatoms. The first kappa shape index (κ1) is 10.1. The molecule has 0 spiro atoms. The third-order valence-corrected chi connectivity index (χ3v) is 3.20. The first-order chi connectivity index (χ1) is 7.66.